The van der Waals surface area contributed by atoms with E-state index in [4.69, 9.17) is 4.74 Å². The third-order valence-corrected chi connectivity index (χ3v) is 5.54. The number of hydrogen-bond acceptors (Lipinski definition) is 1. The molecule has 1 saturated carbocycles. The molecule has 2 aliphatic carbocycles. The summed E-state index contributed by atoms with van der Waals surface area (Å²) in [6.45, 7) is 0. The van der Waals surface area contributed by atoms with Gasteiger partial charge in [0.05, 0.1) is 5.60 Å². The number of methoxy groups -OCH3 is 1. The van der Waals surface area contributed by atoms with Gasteiger partial charge >= 0.3 is 0 Å². The summed E-state index contributed by atoms with van der Waals surface area (Å²) >= 11 is 7.29. The predicted octanol–water partition coefficient (Wildman–Crippen LogP) is 2.49. The summed E-state index contributed by atoms with van der Waals surface area (Å²) in [4.78, 5) is 1.08. The highest BCUT2D eigenvalue weighted by Crippen LogP contribution is 2.52. The molecular weight excluding hydrogens is 272 g/mol. The van der Waals surface area contributed by atoms with Gasteiger partial charge in [-0.1, -0.05) is 44.0 Å². The number of halogens is 2. The van der Waals surface area contributed by atoms with Gasteiger partial charge in [0, 0.05) is 22.7 Å². The van der Waals surface area contributed by atoms with Gasteiger partial charge in [-0.2, -0.15) is 0 Å². The Balaban J connectivity index is 2.23. The predicted molar refractivity (Wildman–Crippen MR) is 52.4 cm³/mol. The van der Waals surface area contributed by atoms with E-state index < -0.39 is 0 Å². The van der Waals surface area contributed by atoms with E-state index in [1.54, 1.807) is 7.11 Å². The molecule has 1 nitrogen and oxygen atoms in total. The summed E-state index contributed by atoms with van der Waals surface area (Å²) in [6, 6.07) is 0. The summed E-state index contributed by atoms with van der Waals surface area (Å²) in [7, 11) is 1.79. The van der Waals surface area contributed by atoms with Crippen molar-refractivity contribution in [2.45, 2.75) is 21.7 Å². The van der Waals surface area contributed by atoms with Crippen LogP contribution >= 0.6 is 31.9 Å². The molecule has 0 N–H and O–H groups in total. The Morgan fingerprint density at radius 1 is 1.55 bits per heavy atom. The van der Waals surface area contributed by atoms with Gasteiger partial charge < -0.3 is 4.74 Å². The Labute approximate surface area is 83.4 Å². The molecular formula is C8H10Br2O. The number of rotatable bonds is 1. The number of hydrogen-bond donors (Lipinski definition) is 0. The van der Waals surface area contributed by atoms with Crippen LogP contribution in [0.15, 0.2) is 12.2 Å². The molecule has 3 heteroatoms. The van der Waals surface area contributed by atoms with E-state index in [1.165, 1.54) is 0 Å². The summed E-state index contributed by atoms with van der Waals surface area (Å²) in [5.74, 6) is 0.567. The van der Waals surface area contributed by atoms with Crippen LogP contribution in [0.1, 0.15) is 6.42 Å². The maximum atomic E-state index is 5.49. The Bertz CT molecular complexity index is 204. The van der Waals surface area contributed by atoms with Gasteiger partial charge in [0.1, 0.15) is 0 Å². The van der Waals surface area contributed by atoms with E-state index in [2.05, 4.69) is 44.0 Å². The lowest BCUT2D eigenvalue weighted by Crippen LogP contribution is -2.41. The average Bonchev–Trinajstić information content (AvgIpc) is 2.10. The zero-order valence-electron chi connectivity index (χ0n) is 6.26. The molecule has 2 aliphatic rings. The van der Waals surface area contributed by atoms with E-state index in [-0.39, 0.29) is 5.60 Å². The third kappa shape index (κ3) is 0.973. The van der Waals surface area contributed by atoms with E-state index in [0.717, 1.165) is 6.42 Å². The Morgan fingerprint density at radius 3 is 2.55 bits per heavy atom. The van der Waals surface area contributed by atoms with Crippen LogP contribution in [0.3, 0.4) is 0 Å². The van der Waals surface area contributed by atoms with Crippen LogP contribution in [-0.4, -0.2) is 22.4 Å². The Morgan fingerprint density at radius 2 is 2.27 bits per heavy atom. The molecule has 4 unspecified atom stereocenters. The quantitative estimate of drug-likeness (QED) is 0.530. The summed E-state index contributed by atoms with van der Waals surface area (Å²) in [5, 5.41) is 0. The first-order valence-electron chi connectivity index (χ1n) is 3.72. The van der Waals surface area contributed by atoms with Crippen molar-refractivity contribution in [3.63, 3.8) is 0 Å². The minimum atomic E-state index is 0.0440. The largest absolute Gasteiger partial charge is 0.373 e. The minimum Gasteiger partial charge on any atom is -0.373 e. The molecule has 0 spiro atoms. The molecule has 1 fully saturated rings. The molecule has 2 rings (SSSR count). The minimum absolute atomic E-state index is 0.0440. The second-order valence-corrected chi connectivity index (χ2v) is 5.44. The van der Waals surface area contributed by atoms with Crippen LogP contribution in [0, 0.1) is 5.92 Å². The smallest absolute Gasteiger partial charge is 0.0943 e. The number of alkyl halides is 2. The molecule has 0 aliphatic heterocycles. The first kappa shape index (κ1) is 8.27. The second kappa shape index (κ2) is 2.57. The topological polar surface area (TPSA) is 9.23 Å². The fourth-order valence-corrected chi connectivity index (χ4v) is 3.58. The molecule has 0 bridgehead atoms. The van der Waals surface area contributed by atoms with Crippen molar-refractivity contribution >= 4 is 31.9 Å². The van der Waals surface area contributed by atoms with Crippen LogP contribution in [0.2, 0.25) is 0 Å². The maximum Gasteiger partial charge on any atom is 0.0943 e. The fourth-order valence-electron chi connectivity index (χ4n) is 1.93. The molecule has 0 amide bonds. The van der Waals surface area contributed by atoms with E-state index in [1.807, 2.05) is 0 Å². The second-order valence-electron chi connectivity index (χ2n) is 3.21. The summed E-state index contributed by atoms with van der Waals surface area (Å²) < 4.78 is 5.49. The van der Waals surface area contributed by atoms with Crippen LogP contribution in [0.5, 0.6) is 0 Å². The molecule has 11 heavy (non-hydrogen) atoms. The van der Waals surface area contributed by atoms with Gasteiger partial charge in [-0.05, 0) is 6.42 Å². The Hall–Kier alpha value is 0.660. The van der Waals surface area contributed by atoms with Crippen molar-refractivity contribution < 1.29 is 4.74 Å². The average molecular weight is 282 g/mol. The van der Waals surface area contributed by atoms with Gasteiger partial charge in [-0.25, -0.2) is 0 Å². The van der Waals surface area contributed by atoms with Crippen molar-refractivity contribution in [1.82, 2.24) is 0 Å². The fraction of sp³-hybridized carbons (Fsp3) is 0.750. The van der Waals surface area contributed by atoms with E-state index >= 15 is 0 Å². The highest BCUT2D eigenvalue weighted by molar-refractivity contribution is 9.12. The van der Waals surface area contributed by atoms with Crippen LogP contribution < -0.4 is 0 Å². The number of ether oxygens (including phenoxy) is 1. The van der Waals surface area contributed by atoms with Gasteiger partial charge in [0.2, 0.25) is 0 Å². The highest BCUT2D eigenvalue weighted by atomic mass is 79.9. The lowest BCUT2D eigenvalue weighted by atomic mass is 9.80. The summed E-state index contributed by atoms with van der Waals surface area (Å²) in [5.41, 5.74) is 0.0440. The molecule has 0 heterocycles. The molecule has 0 aromatic rings. The molecule has 0 aromatic heterocycles. The van der Waals surface area contributed by atoms with Gasteiger partial charge in [0.25, 0.3) is 0 Å². The normalized spacial score (nSPS) is 53.9. The van der Waals surface area contributed by atoms with Gasteiger partial charge in [-0.15, -0.1) is 0 Å². The highest BCUT2D eigenvalue weighted by Gasteiger charge is 2.54. The van der Waals surface area contributed by atoms with Crippen molar-refractivity contribution in [3.8, 4) is 0 Å². The zero-order valence-corrected chi connectivity index (χ0v) is 9.43. The van der Waals surface area contributed by atoms with E-state index in [0.29, 0.717) is 15.6 Å². The molecule has 62 valence electrons. The van der Waals surface area contributed by atoms with Crippen molar-refractivity contribution in [2.75, 3.05) is 7.11 Å². The first-order chi connectivity index (χ1) is 5.19. The summed E-state index contributed by atoms with van der Waals surface area (Å²) in [6.07, 6.45) is 5.48. The van der Waals surface area contributed by atoms with Crippen molar-refractivity contribution in [3.05, 3.63) is 12.2 Å². The van der Waals surface area contributed by atoms with Crippen molar-refractivity contribution in [2.24, 2.45) is 5.92 Å². The van der Waals surface area contributed by atoms with Crippen LogP contribution in [0.4, 0.5) is 0 Å². The Kier molecular flexibility index (Phi) is 1.93. The standard InChI is InChI=1S/C8H10Br2O/c1-11-8-3-2-5(8)7(10)6(9)4-8/h2-3,5-7H,4H2,1H3. The lowest BCUT2D eigenvalue weighted by molar-refractivity contribution is -0.000719. The maximum absolute atomic E-state index is 5.49. The molecule has 4 atom stereocenters. The number of fused-ring (bicyclic) bond motifs is 1. The third-order valence-electron chi connectivity index (χ3n) is 2.73. The molecule has 0 radical (unpaired) electrons. The molecule has 0 saturated heterocycles. The lowest BCUT2D eigenvalue weighted by Gasteiger charge is -2.37. The van der Waals surface area contributed by atoms with Crippen LogP contribution in [-0.2, 0) is 4.74 Å². The van der Waals surface area contributed by atoms with Gasteiger partial charge in [-0.3, -0.25) is 0 Å². The van der Waals surface area contributed by atoms with E-state index in [9.17, 15) is 0 Å². The van der Waals surface area contributed by atoms with Crippen molar-refractivity contribution in [1.29, 1.82) is 0 Å². The first-order valence-corrected chi connectivity index (χ1v) is 5.55. The van der Waals surface area contributed by atoms with Crippen LogP contribution in [0.25, 0.3) is 0 Å². The monoisotopic (exact) mass is 280 g/mol. The zero-order chi connectivity index (χ0) is 8.06. The van der Waals surface area contributed by atoms with Gasteiger partial charge in [0.15, 0.2) is 0 Å². The molecule has 0 aromatic carbocycles. The SMILES string of the molecule is COC12C=CC1C(Br)C(Br)C2.